The van der Waals surface area contributed by atoms with Gasteiger partial charge in [-0.1, -0.05) is 11.6 Å². The Balaban J connectivity index is 2.44. The zero-order chi connectivity index (χ0) is 11.9. The minimum atomic E-state index is -0.681. The number of aliphatic hydroxyl groups excluding tert-OH is 1. The fourth-order valence-corrected chi connectivity index (χ4v) is 2.85. The molecule has 0 aromatic carbocycles. The van der Waals surface area contributed by atoms with Gasteiger partial charge in [0.05, 0.1) is 5.69 Å². The SMILES string of the molecule is Cc1ccc(C(O)c2c(C)nn(C)c2Cl)s1. The zero-order valence-electron chi connectivity index (χ0n) is 9.36. The van der Waals surface area contributed by atoms with Crippen LogP contribution in [0.4, 0.5) is 0 Å². The topological polar surface area (TPSA) is 38.1 Å². The number of thiophene rings is 1. The van der Waals surface area contributed by atoms with Crippen LogP contribution in [0.15, 0.2) is 12.1 Å². The quantitative estimate of drug-likeness (QED) is 0.897. The Hall–Kier alpha value is -0.840. The minimum absolute atomic E-state index is 0.496. The summed E-state index contributed by atoms with van der Waals surface area (Å²) in [5, 5.41) is 14.9. The van der Waals surface area contributed by atoms with E-state index in [9.17, 15) is 5.11 Å². The van der Waals surface area contributed by atoms with Crippen LogP contribution in [0.5, 0.6) is 0 Å². The lowest BCUT2D eigenvalue weighted by atomic mass is 10.1. The number of hydrogen-bond donors (Lipinski definition) is 1. The fourth-order valence-electron chi connectivity index (χ4n) is 1.70. The molecular weight excluding hydrogens is 244 g/mol. The van der Waals surface area contributed by atoms with Gasteiger partial charge in [-0.15, -0.1) is 11.3 Å². The Bertz CT molecular complexity index is 518. The van der Waals surface area contributed by atoms with Gasteiger partial charge in [0.2, 0.25) is 0 Å². The molecule has 0 aliphatic heterocycles. The maximum absolute atomic E-state index is 10.3. The first kappa shape index (κ1) is 11.6. The summed E-state index contributed by atoms with van der Waals surface area (Å²) in [6, 6.07) is 3.91. The van der Waals surface area contributed by atoms with Crippen molar-refractivity contribution in [3.05, 3.63) is 38.3 Å². The van der Waals surface area contributed by atoms with Crippen LogP contribution in [0.3, 0.4) is 0 Å². The Labute approximate surface area is 103 Å². The monoisotopic (exact) mass is 256 g/mol. The van der Waals surface area contributed by atoms with Crippen LogP contribution in [0.1, 0.15) is 27.1 Å². The highest BCUT2D eigenvalue weighted by atomic mass is 35.5. The second-order valence-electron chi connectivity index (χ2n) is 3.76. The molecule has 2 rings (SSSR count). The normalized spacial score (nSPS) is 13.1. The summed E-state index contributed by atoms with van der Waals surface area (Å²) in [5.74, 6) is 0. The number of nitrogens with zero attached hydrogens (tertiary/aromatic N) is 2. The van der Waals surface area contributed by atoms with E-state index in [0.717, 1.165) is 10.6 Å². The van der Waals surface area contributed by atoms with Gasteiger partial charge in [0.25, 0.3) is 0 Å². The van der Waals surface area contributed by atoms with Crippen LogP contribution in [-0.2, 0) is 7.05 Å². The second kappa shape index (κ2) is 4.20. The van der Waals surface area contributed by atoms with Crippen molar-refractivity contribution in [3.63, 3.8) is 0 Å². The van der Waals surface area contributed by atoms with Crippen LogP contribution in [0.25, 0.3) is 0 Å². The molecule has 0 aliphatic carbocycles. The van der Waals surface area contributed by atoms with Gasteiger partial charge in [0.1, 0.15) is 11.3 Å². The van der Waals surface area contributed by atoms with E-state index in [0.29, 0.717) is 10.7 Å². The molecule has 3 nitrogen and oxygen atoms in total. The molecule has 86 valence electrons. The summed E-state index contributed by atoms with van der Waals surface area (Å²) in [5.41, 5.74) is 1.47. The number of rotatable bonds is 2. The molecule has 1 atom stereocenters. The Morgan fingerprint density at radius 3 is 2.56 bits per heavy atom. The van der Waals surface area contributed by atoms with Crippen molar-refractivity contribution in [1.29, 1.82) is 0 Å². The minimum Gasteiger partial charge on any atom is -0.383 e. The average molecular weight is 257 g/mol. The summed E-state index contributed by atoms with van der Waals surface area (Å²) in [6.45, 7) is 3.86. The molecule has 16 heavy (non-hydrogen) atoms. The summed E-state index contributed by atoms with van der Waals surface area (Å²) in [6.07, 6.45) is -0.681. The van der Waals surface area contributed by atoms with E-state index in [1.165, 1.54) is 4.88 Å². The third-order valence-electron chi connectivity index (χ3n) is 2.50. The molecule has 0 aliphatic rings. The lowest BCUT2D eigenvalue weighted by Gasteiger charge is -2.08. The highest BCUT2D eigenvalue weighted by molar-refractivity contribution is 7.12. The van der Waals surface area contributed by atoms with Crippen molar-refractivity contribution < 1.29 is 5.11 Å². The first-order chi connectivity index (χ1) is 7.50. The predicted molar refractivity (Wildman–Crippen MR) is 66.1 cm³/mol. The van der Waals surface area contributed by atoms with Gasteiger partial charge in [-0.2, -0.15) is 5.10 Å². The Morgan fingerprint density at radius 1 is 1.44 bits per heavy atom. The van der Waals surface area contributed by atoms with E-state index in [2.05, 4.69) is 5.10 Å². The molecule has 0 saturated carbocycles. The molecular formula is C11H13ClN2OS. The Kier molecular flexibility index (Phi) is 3.06. The summed E-state index contributed by atoms with van der Waals surface area (Å²) < 4.78 is 1.58. The molecule has 2 aromatic rings. The molecule has 0 amide bonds. The molecule has 0 saturated heterocycles. The van der Waals surface area contributed by atoms with E-state index < -0.39 is 6.10 Å². The lowest BCUT2D eigenvalue weighted by molar-refractivity contribution is 0.223. The molecule has 0 radical (unpaired) electrons. The van der Waals surface area contributed by atoms with E-state index in [4.69, 9.17) is 11.6 Å². The van der Waals surface area contributed by atoms with Gasteiger partial charge in [-0.3, -0.25) is 4.68 Å². The van der Waals surface area contributed by atoms with Crippen LogP contribution in [-0.4, -0.2) is 14.9 Å². The third kappa shape index (κ3) is 1.88. The highest BCUT2D eigenvalue weighted by Gasteiger charge is 2.21. The number of halogens is 1. The van der Waals surface area contributed by atoms with Gasteiger partial charge >= 0.3 is 0 Å². The van der Waals surface area contributed by atoms with E-state index >= 15 is 0 Å². The maximum atomic E-state index is 10.3. The molecule has 0 bridgehead atoms. The number of aliphatic hydroxyl groups is 1. The van der Waals surface area contributed by atoms with Gasteiger partial charge < -0.3 is 5.11 Å². The van der Waals surface area contributed by atoms with Crippen molar-refractivity contribution in [1.82, 2.24) is 9.78 Å². The number of hydrogen-bond acceptors (Lipinski definition) is 3. The van der Waals surface area contributed by atoms with Crippen molar-refractivity contribution in [2.75, 3.05) is 0 Å². The van der Waals surface area contributed by atoms with Crippen molar-refractivity contribution >= 4 is 22.9 Å². The molecule has 1 N–H and O–H groups in total. The first-order valence-electron chi connectivity index (χ1n) is 4.94. The summed E-state index contributed by atoms with van der Waals surface area (Å²) >= 11 is 7.68. The van der Waals surface area contributed by atoms with Gasteiger partial charge in [0.15, 0.2) is 0 Å². The predicted octanol–water partition coefficient (Wildman–Crippen LogP) is 2.83. The fraction of sp³-hybridized carbons (Fsp3) is 0.364. The molecule has 0 spiro atoms. The maximum Gasteiger partial charge on any atom is 0.133 e. The zero-order valence-corrected chi connectivity index (χ0v) is 10.9. The smallest absolute Gasteiger partial charge is 0.133 e. The summed E-state index contributed by atoms with van der Waals surface area (Å²) in [4.78, 5) is 2.07. The van der Waals surface area contributed by atoms with Crippen LogP contribution in [0, 0.1) is 13.8 Å². The van der Waals surface area contributed by atoms with Crippen molar-refractivity contribution in [2.45, 2.75) is 20.0 Å². The van der Waals surface area contributed by atoms with Crippen LogP contribution >= 0.6 is 22.9 Å². The molecule has 2 heterocycles. The van der Waals surface area contributed by atoms with Crippen molar-refractivity contribution in [2.24, 2.45) is 7.05 Å². The molecule has 0 fully saturated rings. The van der Waals surface area contributed by atoms with Crippen LogP contribution < -0.4 is 0 Å². The molecule has 5 heteroatoms. The third-order valence-corrected chi connectivity index (χ3v) is 4.00. The Morgan fingerprint density at radius 2 is 2.12 bits per heavy atom. The van der Waals surface area contributed by atoms with Gasteiger partial charge in [-0.05, 0) is 26.0 Å². The molecule has 1 unspecified atom stereocenters. The van der Waals surface area contributed by atoms with Gasteiger partial charge in [-0.25, -0.2) is 0 Å². The van der Waals surface area contributed by atoms with E-state index in [1.807, 2.05) is 26.0 Å². The second-order valence-corrected chi connectivity index (χ2v) is 5.44. The summed E-state index contributed by atoms with van der Waals surface area (Å²) in [7, 11) is 1.77. The van der Waals surface area contributed by atoms with E-state index in [1.54, 1.807) is 23.1 Å². The van der Waals surface area contributed by atoms with Crippen LogP contribution in [0.2, 0.25) is 5.15 Å². The molecule has 2 aromatic heterocycles. The number of aryl methyl sites for hydroxylation is 3. The average Bonchev–Trinajstić information content (AvgIpc) is 2.73. The standard InChI is InChI=1S/C11H13ClN2OS/c1-6-4-5-8(16-6)10(15)9-7(2)13-14(3)11(9)12/h4-5,10,15H,1-3H3. The van der Waals surface area contributed by atoms with Gasteiger partial charge in [0, 0.05) is 22.4 Å². The highest BCUT2D eigenvalue weighted by Crippen LogP contribution is 2.33. The van der Waals surface area contributed by atoms with E-state index in [-0.39, 0.29) is 0 Å². The largest absolute Gasteiger partial charge is 0.383 e. The number of aromatic nitrogens is 2. The first-order valence-corrected chi connectivity index (χ1v) is 6.13. The van der Waals surface area contributed by atoms with Crippen molar-refractivity contribution in [3.8, 4) is 0 Å². The lowest BCUT2D eigenvalue weighted by Crippen LogP contribution is -1.98.